The van der Waals surface area contributed by atoms with E-state index in [-0.39, 0.29) is 36.0 Å². The highest BCUT2D eigenvalue weighted by Gasteiger charge is 2.41. The number of nitrogens with one attached hydrogen (secondary N) is 3. The molecule has 1 saturated carbocycles. The zero-order valence-electron chi connectivity index (χ0n) is 16.7. The first-order valence-corrected chi connectivity index (χ1v) is 10.4. The van der Waals surface area contributed by atoms with Crippen LogP contribution in [0, 0.1) is 17.4 Å². The molecule has 0 bridgehead atoms. The van der Waals surface area contributed by atoms with E-state index in [9.17, 15) is 4.79 Å². The molecule has 7 heteroatoms. The fourth-order valence-corrected chi connectivity index (χ4v) is 5.11. The van der Waals surface area contributed by atoms with Gasteiger partial charge in [0.25, 0.3) is 0 Å². The van der Waals surface area contributed by atoms with E-state index in [4.69, 9.17) is 5.53 Å². The summed E-state index contributed by atoms with van der Waals surface area (Å²) in [6.07, 6.45) is 7.22. The summed E-state index contributed by atoms with van der Waals surface area (Å²) in [5, 5.41) is 10.2. The first-order chi connectivity index (χ1) is 14.2. The van der Waals surface area contributed by atoms with Crippen LogP contribution in [0.15, 0.2) is 53.9 Å². The van der Waals surface area contributed by atoms with Crippen LogP contribution in [0.25, 0.3) is 0 Å². The maximum Gasteiger partial charge on any atom is 0.315 e. The van der Waals surface area contributed by atoms with Gasteiger partial charge in [-0.3, -0.25) is 9.97 Å². The maximum absolute atomic E-state index is 11.9. The Morgan fingerprint density at radius 3 is 2.07 bits per heavy atom. The largest absolute Gasteiger partial charge is 0.333 e. The predicted octanol–water partition coefficient (Wildman–Crippen LogP) is 4.21. The van der Waals surface area contributed by atoms with E-state index in [1.54, 1.807) is 6.20 Å². The molecule has 152 valence electrons. The van der Waals surface area contributed by atoms with Crippen LogP contribution in [0.1, 0.15) is 56.0 Å². The van der Waals surface area contributed by atoms with Crippen LogP contribution < -0.4 is 10.6 Å². The van der Waals surface area contributed by atoms with Crippen LogP contribution >= 0.6 is 0 Å². The van der Waals surface area contributed by atoms with Crippen LogP contribution in [0.2, 0.25) is 0 Å². The molecule has 6 atom stereocenters. The van der Waals surface area contributed by atoms with Crippen LogP contribution in [0.5, 0.6) is 0 Å². The molecule has 2 aliphatic rings. The number of hydrogen-bond donors (Lipinski definition) is 3. The minimum absolute atomic E-state index is 0.0702. The molecule has 0 radical (unpaired) electrons. The lowest BCUT2D eigenvalue weighted by Gasteiger charge is -2.38. The zero-order chi connectivity index (χ0) is 20.2. The lowest BCUT2D eigenvalue weighted by molar-refractivity contribution is 0.175. The number of aromatic nitrogens is 2. The molecule has 7 nitrogen and oxygen atoms in total. The molecule has 0 aromatic carbocycles. The molecular weight excluding hydrogens is 364 g/mol. The Morgan fingerprint density at radius 1 is 0.931 bits per heavy atom. The van der Waals surface area contributed by atoms with Gasteiger partial charge in [0.05, 0.1) is 17.8 Å². The molecule has 1 aliphatic carbocycles. The normalized spacial score (nSPS) is 28.8. The minimum atomic E-state index is -0.283. The Hall–Kier alpha value is -2.83. The van der Waals surface area contributed by atoms with Gasteiger partial charge in [0.15, 0.2) is 0 Å². The van der Waals surface area contributed by atoms with Gasteiger partial charge in [-0.25, -0.2) is 10.3 Å². The molecule has 1 saturated heterocycles. The van der Waals surface area contributed by atoms with Crippen LogP contribution in [-0.4, -0.2) is 28.1 Å². The van der Waals surface area contributed by atoms with Gasteiger partial charge < -0.3 is 10.6 Å². The van der Waals surface area contributed by atoms with E-state index < -0.39 is 0 Å². The van der Waals surface area contributed by atoms with Crippen molar-refractivity contribution in [2.75, 3.05) is 0 Å². The Balaban J connectivity index is 1.66. The standard InChI is InChI=1S/C22H28N6O/c1-14(17-6-2-4-12-24-17)15-8-10-18-19(27-22(29)26-18)11-9-16(15)21(28-23)20-7-3-5-13-25-20/h2-7,12-16,18-19,21,23H,8-11H2,1H3,(H2,26,27,29). The van der Waals surface area contributed by atoms with Gasteiger partial charge in [0, 0.05) is 24.0 Å². The van der Waals surface area contributed by atoms with Crippen LogP contribution in [0.4, 0.5) is 4.79 Å². The van der Waals surface area contributed by atoms with E-state index >= 15 is 0 Å². The lowest BCUT2D eigenvalue weighted by atomic mass is 9.69. The summed E-state index contributed by atoms with van der Waals surface area (Å²) in [6.45, 7) is 2.23. The first-order valence-electron chi connectivity index (χ1n) is 10.4. The third kappa shape index (κ3) is 4.13. The van der Waals surface area contributed by atoms with Gasteiger partial charge in [-0.05, 0) is 61.8 Å². The number of carbonyl (C=O) groups excluding carboxylic acids is 1. The van der Waals surface area contributed by atoms with Gasteiger partial charge in [0.2, 0.25) is 0 Å². The number of urea groups is 1. The summed E-state index contributed by atoms with van der Waals surface area (Å²) in [7, 11) is 0. The average Bonchev–Trinajstić information content (AvgIpc) is 3.10. The zero-order valence-corrected chi connectivity index (χ0v) is 16.7. The molecule has 4 rings (SSSR count). The maximum atomic E-state index is 11.9. The second-order valence-electron chi connectivity index (χ2n) is 8.19. The van der Waals surface area contributed by atoms with Crippen molar-refractivity contribution in [1.82, 2.24) is 20.6 Å². The Bertz CT molecular complexity index is 830. The minimum Gasteiger partial charge on any atom is -0.333 e. The van der Waals surface area contributed by atoms with Gasteiger partial charge in [0.1, 0.15) is 6.04 Å². The molecule has 29 heavy (non-hydrogen) atoms. The van der Waals surface area contributed by atoms with Gasteiger partial charge in [-0.1, -0.05) is 19.1 Å². The van der Waals surface area contributed by atoms with Crippen molar-refractivity contribution in [2.45, 2.75) is 56.7 Å². The smallest absolute Gasteiger partial charge is 0.315 e. The number of fused-ring (bicyclic) bond motifs is 1. The van der Waals surface area contributed by atoms with Crippen LogP contribution in [0.3, 0.4) is 0 Å². The van der Waals surface area contributed by atoms with Crippen LogP contribution in [-0.2, 0) is 0 Å². The molecule has 1 aliphatic heterocycles. The summed E-state index contributed by atoms with van der Waals surface area (Å²) in [4.78, 5) is 21.0. The molecule has 0 spiro atoms. The quantitative estimate of drug-likeness (QED) is 0.664. The summed E-state index contributed by atoms with van der Waals surface area (Å²) < 4.78 is 0. The van der Waals surface area contributed by atoms with E-state index in [0.29, 0.717) is 5.92 Å². The molecule has 3 heterocycles. The van der Waals surface area contributed by atoms with Crippen molar-refractivity contribution >= 4 is 6.03 Å². The number of nitrogens with zero attached hydrogens (tertiary/aromatic N) is 3. The number of amides is 2. The Morgan fingerprint density at radius 2 is 1.52 bits per heavy atom. The molecule has 2 aromatic rings. The summed E-state index contributed by atoms with van der Waals surface area (Å²) in [5.74, 6) is 0.693. The second kappa shape index (κ2) is 8.68. The number of rotatable bonds is 5. The van der Waals surface area contributed by atoms with E-state index in [2.05, 4.69) is 38.7 Å². The lowest BCUT2D eigenvalue weighted by Crippen LogP contribution is -2.39. The number of carbonyl (C=O) groups is 1. The van der Waals surface area contributed by atoms with E-state index in [1.165, 1.54) is 0 Å². The molecule has 6 unspecified atom stereocenters. The molecule has 2 fully saturated rings. The van der Waals surface area contributed by atoms with Crippen molar-refractivity contribution in [2.24, 2.45) is 17.0 Å². The van der Waals surface area contributed by atoms with Crippen molar-refractivity contribution < 1.29 is 4.79 Å². The second-order valence-corrected chi connectivity index (χ2v) is 8.19. The number of pyridine rings is 2. The third-order valence-corrected chi connectivity index (χ3v) is 6.62. The van der Waals surface area contributed by atoms with Gasteiger partial charge in [-0.2, -0.15) is 5.11 Å². The monoisotopic (exact) mass is 392 g/mol. The Kier molecular flexibility index (Phi) is 5.83. The predicted molar refractivity (Wildman–Crippen MR) is 109 cm³/mol. The first kappa shape index (κ1) is 19.5. The highest BCUT2D eigenvalue weighted by atomic mass is 16.2. The molecule has 2 amide bonds. The van der Waals surface area contributed by atoms with E-state index in [0.717, 1.165) is 37.1 Å². The summed E-state index contributed by atoms with van der Waals surface area (Å²) in [5.41, 5.74) is 9.87. The van der Waals surface area contributed by atoms with Crippen molar-refractivity contribution in [3.63, 3.8) is 0 Å². The summed E-state index contributed by atoms with van der Waals surface area (Å²) >= 11 is 0. The van der Waals surface area contributed by atoms with Crippen molar-refractivity contribution in [3.8, 4) is 0 Å². The van der Waals surface area contributed by atoms with E-state index in [1.807, 2.05) is 36.5 Å². The average molecular weight is 393 g/mol. The highest BCUT2D eigenvalue weighted by Crippen LogP contribution is 2.44. The summed E-state index contributed by atoms with van der Waals surface area (Å²) in [6, 6.07) is 11.8. The molecule has 2 aromatic heterocycles. The fourth-order valence-electron chi connectivity index (χ4n) is 5.11. The number of hydrogen-bond acceptors (Lipinski definition) is 5. The SMILES string of the molecule is CC(c1ccccn1)C1CCC2NC(=O)NC2CCC1C(N=N)c1ccccn1. The third-order valence-electron chi connectivity index (χ3n) is 6.62. The topological polar surface area (TPSA) is 103 Å². The molecule has 3 N–H and O–H groups in total. The molecular formula is C22H28N6O. The van der Waals surface area contributed by atoms with Crippen molar-refractivity contribution in [3.05, 3.63) is 60.2 Å². The highest BCUT2D eigenvalue weighted by molar-refractivity contribution is 5.77. The van der Waals surface area contributed by atoms with Gasteiger partial charge >= 0.3 is 6.03 Å². The van der Waals surface area contributed by atoms with Crippen molar-refractivity contribution in [1.29, 1.82) is 5.53 Å². The Labute approximate surface area is 171 Å². The van der Waals surface area contributed by atoms with Gasteiger partial charge in [-0.15, -0.1) is 0 Å². The fraction of sp³-hybridized carbons (Fsp3) is 0.500.